The zero-order valence-corrected chi connectivity index (χ0v) is 31.6. The predicted molar refractivity (Wildman–Crippen MR) is 204 cm³/mol. The van der Waals surface area contributed by atoms with Gasteiger partial charge in [-0.3, -0.25) is 14.8 Å². The third-order valence-electron chi connectivity index (χ3n) is 12.3. The third-order valence-corrected chi connectivity index (χ3v) is 13.2. The lowest BCUT2D eigenvalue weighted by molar-refractivity contribution is -0.246. The van der Waals surface area contributed by atoms with E-state index in [0.29, 0.717) is 41.6 Å². The number of nitrogens with zero attached hydrogens (tertiary/aromatic N) is 6. The van der Waals surface area contributed by atoms with E-state index in [1.54, 1.807) is 6.20 Å². The Balaban J connectivity index is 0.974. The number of fused-ring (bicyclic) bond motifs is 2. The molecule has 2 unspecified atom stereocenters. The van der Waals surface area contributed by atoms with Crippen molar-refractivity contribution in [1.82, 2.24) is 24.7 Å². The fourth-order valence-corrected chi connectivity index (χ4v) is 12.4. The molecule has 2 N–H and O–H groups in total. The van der Waals surface area contributed by atoms with Gasteiger partial charge in [-0.15, -0.1) is 0 Å². The van der Waals surface area contributed by atoms with Gasteiger partial charge in [0.25, 0.3) is 5.91 Å². The molecule has 4 aliphatic carbocycles. The quantitative estimate of drug-likeness (QED) is 0.155. The number of carboxylic acid groups (broad SMARTS) is 1. The molecule has 53 heavy (non-hydrogen) atoms. The van der Waals surface area contributed by atoms with Gasteiger partial charge in [0, 0.05) is 54.8 Å². The van der Waals surface area contributed by atoms with Crippen molar-refractivity contribution in [2.45, 2.75) is 91.3 Å². The number of amides is 1. The number of rotatable bonds is 9. The van der Waals surface area contributed by atoms with Crippen LogP contribution in [-0.4, -0.2) is 60.5 Å². The second-order valence-electron chi connectivity index (χ2n) is 16.9. The number of thiazole rings is 1. The summed E-state index contributed by atoms with van der Waals surface area (Å²) in [6.45, 7) is 11.7. The second-order valence-corrected chi connectivity index (χ2v) is 17.9. The summed E-state index contributed by atoms with van der Waals surface area (Å²) in [5.41, 5.74) is 6.11. The number of ether oxygens (including phenoxy) is 1. The Labute approximate surface area is 312 Å². The zero-order chi connectivity index (χ0) is 36.8. The Morgan fingerprint density at radius 2 is 1.79 bits per heavy atom. The topological polar surface area (TPSA) is 135 Å². The number of benzene rings is 1. The molecule has 5 aliphatic rings. The molecule has 11 nitrogen and oxygen atoms in total. The maximum Gasteiger partial charge on any atom is 0.355 e. The monoisotopic (exact) mass is 731 g/mol. The molecule has 0 spiro atoms. The van der Waals surface area contributed by atoms with Crippen molar-refractivity contribution in [2.75, 3.05) is 23.4 Å². The first-order valence-corrected chi connectivity index (χ1v) is 19.5. The van der Waals surface area contributed by atoms with Crippen LogP contribution in [0.25, 0.3) is 21.5 Å². The van der Waals surface area contributed by atoms with E-state index in [-0.39, 0.29) is 33.4 Å². The standard InChI is InChI=1S/C41H45N7O4S/c1-5-52-41-21-38(3)18-39(4,22-41)20-40(19-38,23-41)24-48-25(2)29(16-43-48)27-11-12-32(45-33(27)36(50)51)47-15-13-26-8-6-9-28(30(26)17-47)34(49)46-37-44-31-10-7-14-42-35(31)53-37/h6-12,14,16H,5,13,15,17-24H2,1-4H3,(H,50,51)(H,44,46,49). The van der Waals surface area contributed by atoms with Crippen molar-refractivity contribution < 1.29 is 19.4 Å². The number of carbonyl (C=O) groups excluding carboxylic acids is 1. The Bertz CT molecular complexity index is 2250. The van der Waals surface area contributed by atoms with E-state index in [2.05, 4.69) is 45.6 Å². The zero-order valence-electron chi connectivity index (χ0n) is 30.7. The van der Waals surface area contributed by atoms with Crippen LogP contribution in [0.5, 0.6) is 0 Å². The van der Waals surface area contributed by atoms with Gasteiger partial charge in [0.2, 0.25) is 0 Å². The van der Waals surface area contributed by atoms with Crippen molar-refractivity contribution in [3.63, 3.8) is 0 Å². The molecule has 5 heterocycles. The fraction of sp³-hybridized carbons (Fsp3) is 0.463. The summed E-state index contributed by atoms with van der Waals surface area (Å²) in [7, 11) is 0. The van der Waals surface area contributed by atoms with Gasteiger partial charge in [0.05, 0.1) is 11.8 Å². The van der Waals surface area contributed by atoms with Crippen molar-refractivity contribution in [3.05, 3.63) is 82.9 Å². The molecule has 0 radical (unpaired) electrons. The van der Waals surface area contributed by atoms with Gasteiger partial charge in [0.1, 0.15) is 16.2 Å². The number of aromatic carboxylic acids is 1. The maximum atomic E-state index is 13.6. The van der Waals surface area contributed by atoms with Crippen molar-refractivity contribution in [2.24, 2.45) is 16.2 Å². The average Bonchev–Trinajstić information content (AvgIpc) is 3.67. The second kappa shape index (κ2) is 12.2. The molecule has 10 rings (SSSR count). The Kier molecular flexibility index (Phi) is 7.84. The van der Waals surface area contributed by atoms with Gasteiger partial charge in [-0.25, -0.2) is 19.7 Å². The van der Waals surface area contributed by atoms with Crippen molar-refractivity contribution in [3.8, 4) is 11.1 Å². The molecule has 12 heteroatoms. The number of nitrogens with one attached hydrogen (secondary N) is 1. The molecule has 274 valence electrons. The first kappa shape index (κ1) is 34.1. The Hall–Kier alpha value is -4.68. The highest BCUT2D eigenvalue weighted by molar-refractivity contribution is 7.21. The van der Waals surface area contributed by atoms with Gasteiger partial charge < -0.3 is 14.7 Å². The molecular weight excluding hydrogens is 687 g/mol. The van der Waals surface area contributed by atoms with Crippen LogP contribution >= 0.6 is 11.3 Å². The molecule has 4 aromatic heterocycles. The highest BCUT2D eigenvalue weighted by atomic mass is 32.1. The third kappa shape index (κ3) is 5.90. The summed E-state index contributed by atoms with van der Waals surface area (Å²) in [5, 5.41) is 18.8. The smallest absolute Gasteiger partial charge is 0.355 e. The number of carbonyl (C=O) groups is 2. The normalized spacial score (nSPS) is 27.3. The molecular formula is C41H45N7O4S. The lowest BCUT2D eigenvalue weighted by Gasteiger charge is -2.69. The van der Waals surface area contributed by atoms with Crippen LogP contribution in [0.4, 0.5) is 10.9 Å². The van der Waals surface area contributed by atoms with Crippen LogP contribution in [0.2, 0.25) is 0 Å². The highest BCUT2D eigenvalue weighted by Gasteiger charge is 2.66. The summed E-state index contributed by atoms with van der Waals surface area (Å²) >= 11 is 1.33. The lowest BCUT2D eigenvalue weighted by atomic mass is 9.39. The number of hydrogen-bond acceptors (Lipinski definition) is 9. The molecule has 2 atom stereocenters. The minimum Gasteiger partial charge on any atom is -0.476 e. The van der Waals surface area contributed by atoms with Gasteiger partial charge in [-0.05, 0) is 116 Å². The van der Waals surface area contributed by atoms with E-state index in [1.807, 2.05) is 55.6 Å². The van der Waals surface area contributed by atoms with Crippen molar-refractivity contribution in [1.29, 1.82) is 0 Å². The largest absolute Gasteiger partial charge is 0.476 e. The minimum absolute atomic E-state index is 0.00320. The number of anilines is 2. The highest BCUT2D eigenvalue weighted by Crippen LogP contribution is 2.72. The molecule has 0 saturated heterocycles. The van der Waals surface area contributed by atoms with E-state index >= 15 is 0 Å². The van der Waals surface area contributed by atoms with Crippen LogP contribution in [0.1, 0.15) is 97.0 Å². The SMILES string of the molecule is CCOC12CC3(C)CC(C)(CC(Cn4ncc(-c5ccc(N6CCc7cccc(C(=O)Nc8nc9cccnc9s8)c7C6)nc5C(=O)O)c4C)(C3)C1)C2. The van der Waals surface area contributed by atoms with Crippen LogP contribution in [0.3, 0.4) is 0 Å². The number of aromatic nitrogens is 5. The van der Waals surface area contributed by atoms with Crippen LogP contribution in [0, 0.1) is 23.2 Å². The molecule has 1 aliphatic heterocycles. The molecule has 4 bridgehead atoms. The minimum atomic E-state index is -1.09. The van der Waals surface area contributed by atoms with Crippen molar-refractivity contribution >= 4 is 44.5 Å². The van der Waals surface area contributed by atoms with Gasteiger partial charge >= 0.3 is 5.97 Å². The number of carboxylic acids is 1. The molecule has 4 saturated carbocycles. The van der Waals surface area contributed by atoms with Crippen LogP contribution in [-0.2, 0) is 24.2 Å². The molecule has 1 aromatic carbocycles. The summed E-state index contributed by atoms with van der Waals surface area (Å²) in [6.07, 6.45) is 11.1. The van der Waals surface area contributed by atoms with E-state index in [4.69, 9.17) is 14.8 Å². The summed E-state index contributed by atoms with van der Waals surface area (Å²) < 4.78 is 8.69. The van der Waals surface area contributed by atoms with E-state index in [9.17, 15) is 14.7 Å². The van der Waals surface area contributed by atoms with E-state index in [1.165, 1.54) is 17.8 Å². The average molecular weight is 732 g/mol. The van der Waals surface area contributed by atoms with Gasteiger partial charge in [-0.2, -0.15) is 5.10 Å². The number of pyridine rings is 2. The van der Waals surface area contributed by atoms with Gasteiger partial charge in [-0.1, -0.05) is 37.3 Å². The summed E-state index contributed by atoms with van der Waals surface area (Å²) in [5.74, 6) is -0.766. The maximum absolute atomic E-state index is 13.6. The van der Waals surface area contributed by atoms with Gasteiger partial charge in [0.15, 0.2) is 10.8 Å². The first-order chi connectivity index (χ1) is 25.4. The van der Waals surface area contributed by atoms with E-state index < -0.39 is 5.97 Å². The van der Waals surface area contributed by atoms with Crippen LogP contribution < -0.4 is 10.2 Å². The van der Waals surface area contributed by atoms with E-state index in [0.717, 1.165) is 78.0 Å². The number of hydrogen-bond donors (Lipinski definition) is 2. The fourth-order valence-electron chi connectivity index (χ4n) is 11.6. The predicted octanol–water partition coefficient (Wildman–Crippen LogP) is 7.93. The molecule has 5 aromatic rings. The molecule has 4 fully saturated rings. The molecule has 1 amide bonds. The summed E-state index contributed by atoms with van der Waals surface area (Å²) in [6, 6.07) is 13.2. The van der Waals surface area contributed by atoms with Crippen LogP contribution in [0.15, 0.2) is 54.9 Å². The first-order valence-electron chi connectivity index (χ1n) is 18.7. The summed E-state index contributed by atoms with van der Waals surface area (Å²) in [4.78, 5) is 42.8. The lowest BCUT2D eigenvalue weighted by Crippen LogP contribution is -2.64. The Morgan fingerprint density at radius 1 is 0.981 bits per heavy atom. The Morgan fingerprint density at radius 3 is 2.55 bits per heavy atom.